The number of anilines is 1. The van der Waals surface area contributed by atoms with Crippen molar-refractivity contribution in [2.75, 3.05) is 38.1 Å². The molecule has 2 fully saturated rings. The predicted octanol–water partition coefficient (Wildman–Crippen LogP) is 6.66. The minimum absolute atomic E-state index is 0.0716. The number of hydrogen-bond donors (Lipinski definition) is 1. The third-order valence-corrected chi connectivity index (χ3v) is 10.5. The highest BCUT2D eigenvalue weighted by Crippen LogP contribution is 2.56. The molecular weight excluding hydrogens is 717 g/mol. The van der Waals surface area contributed by atoms with Gasteiger partial charge < -0.3 is 14.8 Å². The van der Waals surface area contributed by atoms with Crippen molar-refractivity contribution in [3.63, 3.8) is 0 Å². The summed E-state index contributed by atoms with van der Waals surface area (Å²) in [6, 6.07) is 40.2. The van der Waals surface area contributed by atoms with E-state index in [2.05, 4.69) is 15.2 Å². The molecule has 0 spiro atoms. The molecule has 4 aromatic carbocycles. The summed E-state index contributed by atoms with van der Waals surface area (Å²) in [5, 5.41) is 4.16. The van der Waals surface area contributed by atoms with E-state index >= 15 is 0 Å². The molecule has 4 unspecified atom stereocenters. The van der Waals surface area contributed by atoms with Gasteiger partial charge >= 0.3 is 12.6 Å². The smallest absolute Gasteiger partial charge is 0.376 e. The lowest BCUT2D eigenvalue weighted by Crippen LogP contribution is -2.57. The lowest BCUT2D eigenvalue weighted by Gasteiger charge is -2.50. The van der Waals surface area contributed by atoms with Crippen molar-refractivity contribution >= 4 is 29.9 Å². The summed E-state index contributed by atoms with van der Waals surface area (Å²) in [5.74, 6) is -0.333. The van der Waals surface area contributed by atoms with Crippen LogP contribution >= 0.6 is 18.2 Å². The van der Waals surface area contributed by atoms with Crippen molar-refractivity contribution in [3.8, 4) is 0 Å². The van der Waals surface area contributed by atoms with E-state index in [9.17, 15) is 14.2 Å². The van der Waals surface area contributed by atoms with E-state index in [1.165, 1.54) is 21.9 Å². The van der Waals surface area contributed by atoms with Gasteiger partial charge in [-0.25, -0.2) is 14.0 Å². The van der Waals surface area contributed by atoms with Crippen LogP contribution in [0.5, 0.6) is 0 Å². The molecule has 3 heterocycles. The summed E-state index contributed by atoms with van der Waals surface area (Å²) >= 11 is 6.52. The minimum atomic E-state index is -4.29. The van der Waals surface area contributed by atoms with Gasteiger partial charge in [-0.15, -0.1) is 0 Å². The fourth-order valence-corrected chi connectivity index (χ4v) is 8.30. The van der Waals surface area contributed by atoms with Crippen LogP contribution in [0.15, 0.2) is 138 Å². The maximum Gasteiger partial charge on any atom is 0.443 e. The van der Waals surface area contributed by atoms with Gasteiger partial charge in [-0.3, -0.25) is 18.8 Å². The number of amides is 1. The Morgan fingerprint density at radius 1 is 0.849 bits per heavy atom. The Balaban J connectivity index is 1.29. The Morgan fingerprint density at radius 3 is 1.96 bits per heavy atom. The molecule has 1 aromatic heterocycles. The second kappa shape index (κ2) is 16.3. The van der Waals surface area contributed by atoms with Crippen LogP contribution in [0.25, 0.3) is 0 Å². The molecule has 0 bridgehead atoms. The van der Waals surface area contributed by atoms with Gasteiger partial charge in [-0.1, -0.05) is 109 Å². The van der Waals surface area contributed by atoms with Crippen molar-refractivity contribution in [2.45, 2.75) is 31.1 Å². The standard InChI is InChI=1S/C39H39ClN5O7P/c1-29-26-44(24-25-49-29)52-53(40,48)51-36-28-43(27-35(50-36)45-23-22-34(42-38(45)47)41-37(46)30-14-6-2-7-15-30)39(31-16-8-3-9-17-31,32-18-10-4-11-19-32)33-20-12-5-13-21-33/h2-23,29,35-36H,24-28H2,1H3,(H,41,42,46,47). The molecule has 0 radical (unpaired) electrons. The molecule has 2 saturated heterocycles. The number of nitrogens with zero attached hydrogens (tertiary/aromatic N) is 4. The number of aromatic nitrogens is 2. The average Bonchev–Trinajstić information content (AvgIpc) is 3.16. The summed E-state index contributed by atoms with van der Waals surface area (Å²) in [6.07, 6.45) is -0.907. The molecule has 14 heteroatoms. The van der Waals surface area contributed by atoms with Crippen molar-refractivity contribution in [3.05, 3.63) is 166 Å². The van der Waals surface area contributed by atoms with Crippen LogP contribution in [0.2, 0.25) is 0 Å². The third-order valence-electron chi connectivity index (χ3n) is 9.18. The molecule has 7 rings (SSSR count). The van der Waals surface area contributed by atoms with Gasteiger partial charge in [-0.2, -0.15) is 10.0 Å². The van der Waals surface area contributed by atoms with Crippen molar-refractivity contribution in [1.29, 1.82) is 0 Å². The number of benzene rings is 4. The van der Waals surface area contributed by atoms with Crippen LogP contribution < -0.4 is 11.0 Å². The van der Waals surface area contributed by atoms with E-state index in [0.717, 1.165) is 16.7 Å². The predicted molar refractivity (Wildman–Crippen MR) is 200 cm³/mol. The number of rotatable bonds is 11. The molecule has 274 valence electrons. The van der Waals surface area contributed by atoms with E-state index in [-0.39, 0.29) is 25.0 Å². The molecule has 1 N–H and O–H groups in total. The Morgan fingerprint density at radius 2 is 1.42 bits per heavy atom. The Bertz CT molecular complexity index is 2000. The number of halogens is 1. The zero-order valence-corrected chi connectivity index (χ0v) is 30.6. The van der Waals surface area contributed by atoms with Crippen molar-refractivity contribution in [1.82, 2.24) is 19.5 Å². The van der Waals surface area contributed by atoms with E-state index in [4.69, 9.17) is 29.9 Å². The fourth-order valence-electron chi connectivity index (χ4n) is 6.91. The summed E-state index contributed by atoms with van der Waals surface area (Å²) in [7, 11) is 0. The van der Waals surface area contributed by atoms with E-state index in [1.807, 2.05) is 97.9 Å². The molecule has 0 saturated carbocycles. The number of carbonyl (C=O) groups is 1. The van der Waals surface area contributed by atoms with Crippen LogP contribution in [0, 0.1) is 0 Å². The number of morpholine rings is 2. The fraction of sp³-hybridized carbons (Fsp3) is 0.256. The van der Waals surface area contributed by atoms with Gasteiger partial charge in [0.2, 0.25) is 0 Å². The van der Waals surface area contributed by atoms with Crippen LogP contribution in [-0.4, -0.2) is 70.6 Å². The Hall–Kier alpha value is -4.49. The first-order valence-corrected chi connectivity index (χ1v) is 19.7. The molecular formula is C39H39ClN5O7P. The van der Waals surface area contributed by atoms with Crippen molar-refractivity contribution < 1.29 is 28.0 Å². The third kappa shape index (κ3) is 8.36. The van der Waals surface area contributed by atoms with Crippen LogP contribution in [0.4, 0.5) is 5.82 Å². The maximum atomic E-state index is 13.8. The summed E-state index contributed by atoms with van der Waals surface area (Å²) in [4.78, 5) is 32.9. The average molecular weight is 756 g/mol. The minimum Gasteiger partial charge on any atom is -0.376 e. The molecule has 0 aliphatic carbocycles. The van der Waals surface area contributed by atoms with Crippen LogP contribution in [-0.2, 0) is 28.7 Å². The highest BCUT2D eigenvalue weighted by molar-refractivity contribution is 7.81. The number of nitrogens with one attached hydrogen (secondary N) is 1. The summed E-state index contributed by atoms with van der Waals surface area (Å²) in [5.41, 5.74) is 1.60. The zero-order valence-electron chi connectivity index (χ0n) is 28.9. The van der Waals surface area contributed by atoms with Gasteiger partial charge in [0.15, 0.2) is 12.5 Å². The van der Waals surface area contributed by atoms with Gasteiger partial charge in [0.25, 0.3) is 5.91 Å². The molecule has 12 nitrogen and oxygen atoms in total. The number of hydrogen-bond acceptors (Lipinski definition) is 10. The Kier molecular flexibility index (Phi) is 11.3. The molecule has 2 aliphatic rings. The Labute approximate surface area is 312 Å². The second-order valence-electron chi connectivity index (χ2n) is 12.7. The first-order valence-electron chi connectivity index (χ1n) is 17.3. The van der Waals surface area contributed by atoms with Gasteiger partial charge in [0.05, 0.1) is 31.3 Å². The first kappa shape index (κ1) is 36.9. The number of ether oxygens (including phenoxy) is 2. The van der Waals surface area contributed by atoms with Gasteiger partial charge in [0, 0.05) is 36.1 Å². The lowest BCUT2D eigenvalue weighted by atomic mass is 9.75. The second-order valence-corrected chi connectivity index (χ2v) is 15.2. The highest BCUT2D eigenvalue weighted by Gasteiger charge is 2.48. The van der Waals surface area contributed by atoms with Crippen molar-refractivity contribution in [2.24, 2.45) is 0 Å². The molecule has 53 heavy (non-hydrogen) atoms. The van der Waals surface area contributed by atoms with E-state index < -0.39 is 36.6 Å². The maximum absolute atomic E-state index is 13.8. The zero-order chi connectivity index (χ0) is 36.8. The summed E-state index contributed by atoms with van der Waals surface area (Å²) in [6.45, 7) is -1.13. The SMILES string of the molecule is CC1CN(OP(=O)(Cl)OC2CN(C(c3ccccc3)(c3ccccc3)c3ccccc3)CC(n3ccc(NC(=O)c4ccccc4)nc3=O)O2)CCO1. The largest absolute Gasteiger partial charge is 0.443 e. The van der Waals surface area contributed by atoms with Gasteiger partial charge in [0.1, 0.15) is 5.82 Å². The highest BCUT2D eigenvalue weighted by atomic mass is 35.7. The van der Waals surface area contributed by atoms with E-state index in [0.29, 0.717) is 25.3 Å². The monoisotopic (exact) mass is 755 g/mol. The lowest BCUT2D eigenvalue weighted by molar-refractivity contribution is -0.216. The quantitative estimate of drug-likeness (QED) is 0.116. The van der Waals surface area contributed by atoms with Gasteiger partial charge in [-0.05, 0) is 41.8 Å². The summed E-state index contributed by atoms with van der Waals surface area (Å²) < 4.78 is 38.9. The van der Waals surface area contributed by atoms with Crippen LogP contribution in [0.1, 0.15) is 40.2 Å². The van der Waals surface area contributed by atoms with Crippen LogP contribution in [0.3, 0.4) is 0 Å². The first-order chi connectivity index (χ1) is 25.7. The normalized spacial score (nSPS) is 21.1. The number of hydroxylamine groups is 2. The topological polar surface area (TPSA) is 124 Å². The molecule has 4 atom stereocenters. The van der Waals surface area contributed by atoms with E-state index in [1.54, 1.807) is 30.3 Å². The number of carbonyl (C=O) groups excluding carboxylic acids is 1. The molecule has 1 amide bonds. The molecule has 5 aromatic rings. The molecule has 2 aliphatic heterocycles.